The van der Waals surface area contributed by atoms with E-state index in [0.717, 1.165) is 42.7 Å². The fourth-order valence-electron chi connectivity index (χ4n) is 6.66. The van der Waals surface area contributed by atoms with Crippen molar-refractivity contribution in [2.75, 3.05) is 73.6 Å². The molecule has 8 heterocycles. The SMILES string of the molecule is Cc1cn(-c2ccc(N)cc2F)cn1.Cc1cn(-c2ccc(Nc3ncc4c(n3)N3CCOC[C@H]3CO4)cc2F)cn1.Clc1ncc2c(n1)N1CCOC[C@H]1CO2.S.S. The molecule has 6 aromatic rings. The second-order valence-electron chi connectivity index (χ2n) is 13.5. The highest BCUT2D eigenvalue weighted by molar-refractivity contribution is 7.59. The number of nitrogens with two attached hydrogens (primary N) is 1. The molecule has 0 bridgehead atoms. The van der Waals surface area contributed by atoms with E-state index in [2.05, 4.69) is 45.0 Å². The number of nitrogens with zero attached hydrogens (tertiary/aromatic N) is 10. The summed E-state index contributed by atoms with van der Waals surface area (Å²) >= 11 is 5.77. The summed E-state index contributed by atoms with van der Waals surface area (Å²) in [7, 11) is 0. The molecule has 0 amide bonds. The van der Waals surface area contributed by atoms with Crippen LogP contribution in [-0.2, 0) is 9.47 Å². The molecule has 2 saturated heterocycles. The molecular formula is C38H43ClF2N12O4S2. The minimum Gasteiger partial charge on any atom is -0.486 e. The predicted molar refractivity (Wildman–Crippen MR) is 229 cm³/mol. The number of benzene rings is 2. The third-order valence-electron chi connectivity index (χ3n) is 9.46. The highest BCUT2D eigenvalue weighted by Gasteiger charge is 2.33. The average Bonchev–Trinajstić information content (AvgIpc) is 3.86. The smallest absolute Gasteiger partial charge is 0.229 e. The Morgan fingerprint density at radius 1 is 0.712 bits per heavy atom. The van der Waals surface area contributed by atoms with Gasteiger partial charge in [-0.25, -0.2) is 28.7 Å². The van der Waals surface area contributed by atoms with Crippen LogP contribution >= 0.6 is 38.6 Å². The van der Waals surface area contributed by atoms with E-state index in [4.69, 9.17) is 36.3 Å². The van der Waals surface area contributed by atoms with Gasteiger partial charge in [0.15, 0.2) is 23.1 Å². The standard InChI is InChI=1S/C19H19FN6O2.C10H10FN3.C9H10ClN3O2.2H2S/c1-12-8-25(11-22-12)16-3-2-13(6-15(16)20)23-19-21-7-17-18(24-19)26-4-5-27-9-14(26)10-28-17;1-7-5-14(6-13-7)10-3-2-8(12)4-9(10)11;10-9-11-3-7-8(12-9)13-1-2-14-4-6(13)5-15-7;;/h2-3,6-8,11,14H,4-5,9-10H2,1H3,(H,21,23,24);2-6H,12H2,1H3;3,6H,1-2,4-5H2;2*1H2/t14-;;6-;;/m0.0../s1. The van der Waals surface area contributed by atoms with Gasteiger partial charge in [0, 0.05) is 36.9 Å². The summed E-state index contributed by atoms with van der Waals surface area (Å²) in [5.74, 6) is 2.57. The van der Waals surface area contributed by atoms with E-state index in [1.807, 2.05) is 13.8 Å². The van der Waals surface area contributed by atoms with Crippen molar-refractivity contribution in [1.82, 2.24) is 39.0 Å². The summed E-state index contributed by atoms with van der Waals surface area (Å²) in [5, 5.41) is 3.33. The van der Waals surface area contributed by atoms with E-state index in [9.17, 15) is 8.78 Å². The molecule has 0 aliphatic carbocycles. The number of nitrogen functional groups attached to an aromatic ring is 1. The van der Waals surface area contributed by atoms with Crippen molar-refractivity contribution in [2.45, 2.75) is 25.9 Å². The summed E-state index contributed by atoms with van der Waals surface area (Å²) < 4.78 is 53.5. The van der Waals surface area contributed by atoms with E-state index in [-0.39, 0.29) is 56.0 Å². The van der Waals surface area contributed by atoms with Gasteiger partial charge < -0.3 is 48.9 Å². The zero-order valence-electron chi connectivity index (χ0n) is 32.1. The van der Waals surface area contributed by atoms with Gasteiger partial charge in [-0.05, 0) is 61.8 Å². The van der Waals surface area contributed by atoms with Gasteiger partial charge in [-0.1, -0.05) is 0 Å². The molecule has 2 fully saturated rings. The number of ether oxygens (including phenoxy) is 4. The summed E-state index contributed by atoms with van der Waals surface area (Å²) in [6.45, 7) is 9.15. The van der Waals surface area contributed by atoms with Crippen molar-refractivity contribution in [3.8, 4) is 22.9 Å². The van der Waals surface area contributed by atoms with Gasteiger partial charge in [0.2, 0.25) is 11.2 Å². The minimum absolute atomic E-state index is 0. The van der Waals surface area contributed by atoms with Gasteiger partial charge in [-0.3, -0.25) is 0 Å². The zero-order valence-corrected chi connectivity index (χ0v) is 34.8. The Hall–Kier alpha value is -5.41. The van der Waals surface area contributed by atoms with Crippen LogP contribution in [0.25, 0.3) is 11.4 Å². The maximum Gasteiger partial charge on any atom is 0.229 e. The van der Waals surface area contributed by atoms with Gasteiger partial charge in [0.25, 0.3) is 0 Å². The Morgan fingerprint density at radius 3 is 1.80 bits per heavy atom. The largest absolute Gasteiger partial charge is 0.486 e. The van der Waals surface area contributed by atoms with Crippen molar-refractivity contribution >= 4 is 67.6 Å². The van der Waals surface area contributed by atoms with Gasteiger partial charge >= 0.3 is 0 Å². The Labute approximate surface area is 357 Å². The van der Waals surface area contributed by atoms with Crippen molar-refractivity contribution < 1.29 is 27.7 Å². The number of aryl methyl sites for hydroxylation is 2. The van der Waals surface area contributed by atoms with Gasteiger partial charge in [0.1, 0.15) is 24.8 Å². The monoisotopic (exact) mass is 868 g/mol. The Kier molecular flexibility index (Phi) is 14.0. The molecule has 0 unspecified atom stereocenters. The molecule has 0 spiro atoms. The molecule has 3 N–H and O–H groups in total. The van der Waals surface area contributed by atoms with Crippen LogP contribution < -0.4 is 30.3 Å². The second-order valence-corrected chi connectivity index (χ2v) is 13.9. The fourth-order valence-corrected chi connectivity index (χ4v) is 6.78. The number of hydrogen-bond acceptors (Lipinski definition) is 14. The number of imidazole rings is 2. The Bertz CT molecular complexity index is 2380. The quantitative estimate of drug-likeness (QED) is 0.173. The number of morpholine rings is 2. The van der Waals surface area contributed by atoms with Gasteiger partial charge in [-0.15, -0.1) is 0 Å². The normalized spacial score (nSPS) is 17.2. The first-order chi connectivity index (χ1) is 27.7. The third kappa shape index (κ3) is 9.90. The van der Waals surface area contributed by atoms with Crippen LogP contribution in [0.3, 0.4) is 0 Å². The number of halogens is 3. The molecule has 4 aliphatic rings. The summed E-state index contributed by atoms with van der Waals surface area (Å²) in [4.78, 5) is 29.5. The molecule has 10 rings (SSSR count). The molecule has 21 heteroatoms. The van der Waals surface area contributed by atoms with E-state index < -0.39 is 0 Å². The highest BCUT2D eigenvalue weighted by atomic mass is 35.5. The molecule has 4 aliphatic heterocycles. The lowest BCUT2D eigenvalue weighted by Crippen LogP contribution is -2.51. The van der Waals surface area contributed by atoms with Crippen molar-refractivity contribution in [3.05, 3.63) is 102 Å². The van der Waals surface area contributed by atoms with Crippen molar-refractivity contribution in [1.29, 1.82) is 0 Å². The lowest BCUT2D eigenvalue weighted by Gasteiger charge is -2.40. The molecule has 16 nitrogen and oxygen atoms in total. The first-order valence-electron chi connectivity index (χ1n) is 18.2. The number of fused-ring (bicyclic) bond motifs is 6. The van der Waals surface area contributed by atoms with E-state index in [1.165, 1.54) is 12.1 Å². The van der Waals surface area contributed by atoms with Crippen LogP contribution in [0.2, 0.25) is 5.28 Å². The van der Waals surface area contributed by atoms with Crippen LogP contribution in [0, 0.1) is 25.5 Å². The van der Waals surface area contributed by atoms with E-state index in [0.29, 0.717) is 73.2 Å². The predicted octanol–water partition coefficient (Wildman–Crippen LogP) is 5.31. The second kappa shape index (κ2) is 19.1. The minimum atomic E-state index is -0.364. The highest BCUT2D eigenvalue weighted by Crippen LogP contribution is 2.35. The first-order valence-corrected chi connectivity index (χ1v) is 18.5. The van der Waals surface area contributed by atoms with Gasteiger partial charge in [0.05, 0.1) is 86.3 Å². The molecular weight excluding hydrogens is 826 g/mol. The van der Waals surface area contributed by atoms with Gasteiger partial charge in [-0.2, -0.15) is 37.0 Å². The zero-order chi connectivity index (χ0) is 39.5. The van der Waals surface area contributed by atoms with Crippen LogP contribution in [0.5, 0.6) is 11.5 Å². The van der Waals surface area contributed by atoms with Crippen molar-refractivity contribution in [2.24, 2.45) is 0 Å². The molecule has 2 atom stereocenters. The maximum atomic E-state index is 14.6. The topological polar surface area (TPSA) is 169 Å². The average molecular weight is 869 g/mol. The molecule has 312 valence electrons. The summed E-state index contributed by atoms with van der Waals surface area (Å²) in [6.07, 6.45) is 9.97. The molecule has 4 aromatic heterocycles. The molecule has 2 aromatic carbocycles. The summed E-state index contributed by atoms with van der Waals surface area (Å²) in [6, 6.07) is 9.88. The van der Waals surface area contributed by atoms with Crippen LogP contribution in [-0.4, -0.2) is 104 Å². The van der Waals surface area contributed by atoms with Crippen LogP contribution in [0.15, 0.2) is 73.8 Å². The lowest BCUT2D eigenvalue weighted by molar-refractivity contribution is 0.0695. The Morgan fingerprint density at radius 2 is 1.25 bits per heavy atom. The number of rotatable bonds is 4. The van der Waals surface area contributed by atoms with E-state index >= 15 is 0 Å². The molecule has 59 heavy (non-hydrogen) atoms. The summed E-state index contributed by atoms with van der Waals surface area (Å²) in [5.41, 5.74) is 8.99. The maximum absolute atomic E-state index is 14.6. The Balaban J connectivity index is 0.000000160. The molecule has 0 saturated carbocycles. The molecule has 0 radical (unpaired) electrons. The number of anilines is 5. The number of hydrogen-bond donors (Lipinski definition) is 2. The first kappa shape index (κ1) is 43.2. The van der Waals surface area contributed by atoms with Crippen LogP contribution in [0.4, 0.5) is 37.7 Å². The third-order valence-corrected chi connectivity index (χ3v) is 9.64. The fraction of sp³-hybridized carbons (Fsp3) is 0.316. The number of nitrogens with one attached hydrogen (secondary N) is 1. The van der Waals surface area contributed by atoms with Crippen LogP contribution in [0.1, 0.15) is 11.4 Å². The number of aromatic nitrogens is 8. The van der Waals surface area contributed by atoms with Crippen molar-refractivity contribution in [3.63, 3.8) is 0 Å². The lowest BCUT2D eigenvalue weighted by atomic mass is 10.2. The van der Waals surface area contributed by atoms with E-state index in [1.54, 1.807) is 70.8 Å².